The van der Waals surface area contributed by atoms with Crippen molar-refractivity contribution in [3.05, 3.63) is 71.3 Å². The predicted octanol–water partition coefficient (Wildman–Crippen LogP) is 3.01. The third kappa shape index (κ3) is 2.46. The SMILES string of the molecule is O=C(O)c1ccccc1C(=O)C1=CCC=CC=C1. The van der Waals surface area contributed by atoms with Crippen molar-refractivity contribution >= 4 is 11.8 Å². The van der Waals surface area contributed by atoms with Crippen LogP contribution in [0.3, 0.4) is 0 Å². The van der Waals surface area contributed by atoms with E-state index < -0.39 is 5.97 Å². The molecule has 18 heavy (non-hydrogen) atoms. The second kappa shape index (κ2) is 5.27. The van der Waals surface area contributed by atoms with Crippen LogP contribution < -0.4 is 0 Å². The highest BCUT2D eigenvalue weighted by Crippen LogP contribution is 2.17. The summed E-state index contributed by atoms with van der Waals surface area (Å²) in [7, 11) is 0. The number of rotatable bonds is 3. The van der Waals surface area contributed by atoms with E-state index in [9.17, 15) is 9.59 Å². The number of carboxylic acid groups (broad SMARTS) is 1. The zero-order valence-electron chi connectivity index (χ0n) is 9.67. The third-order valence-electron chi connectivity index (χ3n) is 2.66. The van der Waals surface area contributed by atoms with Crippen LogP contribution in [-0.4, -0.2) is 16.9 Å². The minimum absolute atomic E-state index is 0.0361. The fourth-order valence-corrected chi connectivity index (χ4v) is 1.77. The second-order valence-corrected chi connectivity index (χ2v) is 3.86. The molecular weight excluding hydrogens is 228 g/mol. The van der Waals surface area contributed by atoms with Gasteiger partial charge in [0.15, 0.2) is 5.78 Å². The fraction of sp³-hybridized carbons (Fsp3) is 0.0667. The van der Waals surface area contributed by atoms with Crippen LogP contribution in [0.25, 0.3) is 0 Å². The van der Waals surface area contributed by atoms with Gasteiger partial charge in [0, 0.05) is 11.1 Å². The lowest BCUT2D eigenvalue weighted by Crippen LogP contribution is -2.09. The quantitative estimate of drug-likeness (QED) is 0.826. The molecule has 0 aromatic heterocycles. The lowest BCUT2D eigenvalue weighted by molar-refractivity contribution is 0.0693. The summed E-state index contributed by atoms with van der Waals surface area (Å²) in [6.07, 6.45) is 9.73. The first-order valence-electron chi connectivity index (χ1n) is 5.60. The topological polar surface area (TPSA) is 54.4 Å². The van der Waals surface area contributed by atoms with Crippen LogP contribution in [0.15, 0.2) is 60.2 Å². The van der Waals surface area contributed by atoms with Gasteiger partial charge in [-0.2, -0.15) is 0 Å². The summed E-state index contributed by atoms with van der Waals surface area (Å²) in [4.78, 5) is 23.3. The van der Waals surface area contributed by atoms with Gasteiger partial charge in [-0.1, -0.05) is 48.6 Å². The molecule has 1 aliphatic carbocycles. The molecule has 2 rings (SSSR count). The van der Waals surface area contributed by atoms with E-state index >= 15 is 0 Å². The van der Waals surface area contributed by atoms with Gasteiger partial charge in [-0.05, 0) is 12.5 Å². The van der Waals surface area contributed by atoms with Crippen molar-refractivity contribution < 1.29 is 14.7 Å². The van der Waals surface area contributed by atoms with Crippen molar-refractivity contribution in [1.82, 2.24) is 0 Å². The maximum atomic E-state index is 12.3. The van der Waals surface area contributed by atoms with E-state index in [0.29, 0.717) is 12.0 Å². The molecule has 0 saturated carbocycles. The summed E-state index contributed by atoms with van der Waals surface area (Å²) in [5.74, 6) is -1.34. The maximum Gasteiger partial charge on any atom is 0.336 e. The first kappa shape index (κ1) is 12.0. The average molecular weight is 240 g/mol. The number of Topliss-reactive ketones (excluding diaryl/α,β-unsaturated/α-hetero) is 1. The van der Waals surface area contributed by atoms with Gasteiger partial charge in [0.2, 0.25) is 0 Å². The van der Waals surface area contributed by atoms with Gasteiger partial charge in [0.1, 0.15) is 0 Å². The van der Waals surface area contributed by atoms with Crippen molar-refractivity contribution in [3.63, 3.8) is 0 Å². The molecule has 0 fully saturated rings. The molecule has 0 unspecified atom stereocenters. The zero-order valence-corrected chi connectivity index (χ0v) is 9.67. The van der Waals surface area contributed by atoms with Crippen LogP contribution in [-0.2, 0) is 0 Å². The Morgan fingerprint density at radius 2 is 1.78 bits per heavy atom. The summed E-state index contributed by atoms with van der Waals surface area (Å²) in [5, 5.41) is 9.07. The van der Waals surface area contributed by atoms with Gasteiger partial charge in [0.25, 0.3) is 0 Å². The van der Waals surface area contributed by atoms with Crippen LogP contribution in [0, 0.1) is 0 Å². The Bertz CT molecular complexity index is 577. The summed E-state index contributed by atoms with van der Waals surface area (Å²) in [6, 6.07) is 6.26. The molecule has 0 bridgehead atoms. The highest BCUT2D eigenvalue weighted by Gasteiger charge is 2.17. The van der Waals surface area contributed by atoms with Crippen LogP contribution >= 0.6 is 0 Å². The number of benzene rings is 1. The molecule has 1 aromatic rings. The Hall–Kier alpha value is -2.42. The number of hydrogen-bond acceptors (Lipinski definition) is 2. The highest BCUT2D eigenvalue weighted by molar-refractivity contribution is 6.15. The highest BCUT2D eigenvalue weighted by atomic mass is 16.4. The van der Waals surface area contributed by atoms with Gasteiger partial charge >= 0.3 is 5.97 Å². The lowest BCUT2D eigenvalue weighted by Gasteiger charge is -2.05. The Morgan fingerprint density at radius 1 is 1.06 bits per heavy atom. The van der Waals surface area contributed by atoms with E-state index in [-0.39, 0.29) is 16.9 Å². The number of aromatic carboxylic acids is 1. The number of ketones is 1. The maximum absolute atomic E-state index is 12.3. The Morgan fingerprint density at radius 3 is 2.50 bits per heavy atom. The lowest BCUT2D eigenvalue weighted by atomic mass is 9.97. The third-order valence-corrected chi connectivity index (χ3v) is 2.66. The van der Waals surface area contributed by atoms with E-state index in [1.165, 1.54) is 6.07 Å². The van der Waals surface area contributed by atoms with E-state index in [1.807, 2.05) is 12.2 Å². The van der Waals surface area contributed by atoms with Crippen molar-refractivity contribution in [3.8, 4) is 0 Å². The Labute approximate surface area is 105 Å². The smallest absolute Gasteiger partial charge is 0.336 e. The van der Waals surface area contributed by atoms with Gasteiger partial charge in [-0.25, -0.2) is 4.79 Å². The molecule has 0 amide bonds. The molecule has 0 spiro atoms. The summed E-state index contributed by atoms with van der Waals surface area (Å²) in [5.41, 5.74) is 0.783. The number of allylic oxidation sites excluding steroid dienone is 6. The number of carbonyl (C=O) groups is 2. The zero-order chi connectivity index (χ0) is 13.0. The molecule has 1 aliphatic rings. The largest absolute Gasteiger partial charge is 0.478 e. The van der Waals surface area contributed by atoms with E-state index in [4.69, 9.17) is 5.11 Å². The number of carboxylic acids is 1. The van der Waals surface area contributed by atoms with Gasteiger partial charge < -0.3 is 5.11 Å². The molecule has 0 radical (unpaired) electrons. The molecule has 0 heterocycles. The number of hydrogen-bond donors (Lipinski definition) is 1. The first-order chi connectivity index (χ1) is 8.70. The van der Waals surface area contributed by atoms with Crippen molar-refractivity contribution in [2.24, 2.45) is 0 Å². The molecule has 90 valence electrons. The minimum atomic E-state index is -1.09. The normalized spacial score (nSPS) is 13.9. The fourth-order valence-electron chi connectivity index (χ4n) is 1.77. The molecule has 3 nitrogen and oxygen atoms in total. The van der Waals surface area contributed by atoms with Gasteiger partial charge in [-0.15, -0.1) is 0 Å². The van der Waals surface area contributed by atoms with Gasteiger partial charge in [0.05, 0.1) is 5.56 Å². The number of carbonyl (C=O) groups excluding carboxylic acids is 1. The molecule has 0 atom stereocenters. The Kier molecular flexibility index (Phi) is 3.53. The van der Waals surface area contributed by atoms with E-state index in [1.54, 1.807) is 36.4 Å². The van der Waals surface area contributed by atoms with Crippen LogP contribution in [0.2, 0.25) is 0 Å². The summed E-state index contributed by atoms with van der Waals surface area (Å²) >= 11 is 0. The van der Waals surface area contributed by atoms with E-state index in [2.05, 4.69) is 0 Å². The van der Waals surface area contributed by atoms with Crippen molar-refractivity contribution in [1.29, 1.82) is 0 Å². The van der Waals surface area contributed by atoms with E-state index in [0.717, 1.165) is 0 Å². The van der Waals surface area contributed by atoms with Crippen LogP contribution in [0.4, 0.5) is 0 Å². The first-order valence-corrected chi connectivity index (χ1v) is 5.60. The van der Waals surface area contributed by atoms with Crippen LogP contribution in [0.1, 0.15) is 27.1 Å². The van der Waals surface area contributed by atoms with Crippen LogP contribution in [0.5, 0.6) is 0 Å². The van der Waals surface area contributed by atoms with Crippen molar-refractivity contribution in [2.75, 3.05) is 0 Å². The molecular formula is C15H12O3. The molecule has 0 saturated heterocycles. The van der Waals surface area contributed by atoms with Crippen molar-refractivity contribution in [2.45, 2.75) is 6.42 Å². The summed E-state index contributed by atoms with van der Waals surface area (Å²) < 4.78 is 0. The molecule has 1 N–H and O–H groups in total. The summed E-state index contributed by atoms with van der Waals surface area (Å²) in [6.45, 7) is 0. The average Bonchev–Trinajstić information content (AvgIpc) is 2.66. The monoisotopic (exact) mass is 240 g/mol. The Balaban J connectivity index is 2.40. The van der Waals surface area contributed by atoms with Gasteiger partial charge in [-0.3, -0.25) is 4.79 Å². The molecule has 0 aliphatic heterocycles. The second-order valence-electron chi connectivity index (χ2n) is 3.86. The molecule has 1 aromatic carbocycles. The predicted molar refractivity (Wildman–Crippen MR) is 68.7 cm³/mol. The molecule has 3 heteroatoms. The minimum Gasteiger partial charge on any atom is -0.478 e. The standard InChI is InChI=1S/C15H12O3/c16-14(11-7-3-1-2-4-8-11)12-9-5-6-10-13(12)15(17)18/h1-3,5-10H,4H2,(H,17,18).